The first-order valence-electron chi connectivity index (χ1n) is 5.52. The quantitative estimate of drug-likeness (QED) is 0.837. The van der Waals surface area contributed by atoms with Crippen LogP contribution in [-0.4, -0.2) is 24.8 Å². The van der Waals surface area contributed by atoms with Gasteiger partial charge >= 0.3 is 5.97 Å². The molecular weight excluding hydrogens is 256 g/mol. The molecule has 0 aliphatic heterocycles. The minimum absolute atomic E-state index is 0.146. The van der Waals surface area contributed by atoms with Crippen LogP contribution in [0.25, 0.3) is 0 Å². The van der Waals surface area contributed by atoms with Gasteiger partial charge in [0, 0.05) is 10.6 Å². The SMILES string of the molecule is COC(=O)C(C)(C)COc1cccc(Cl)c1CO. The van der Waals surface area contributed by atoms with Crippen LogP contribution < -0.4 is 4.74 Å². The predicted octanol–water partition coefficient (Wildman–Crippen LogP) is 2.41. The summed E-state index contributed by atoms with van der Waals surface area (Å²) in [6.07, 6.45) is 0. The number of aliphatic hydroxyl groups excluding tert-OH is 1. The number of hydrogen-bond donors (Lipinski definition) is 1. The molecule has 0 atom stereocenters. The summed E-state index contributed by atoms with van der Waals surface area (Å²) in [5.74, 6) is 0.122. The van der Waals surface area contributed by atoms with Gasteiger partial charge in [0.2, 0.25) is 0 Å². The second kappa shape index (κ2) is 6.07. The number of carbonyl (C=O) groups is 1. The molecule has 1 N–H and O–H groups in total. The van der Waals surface area contributed by atoms with Crippen LogP contribution in [0.4, 0.5) is 0 Å². The molecule has 0 aromatic heterocycles. The highest BCUT2D eigenvalue weighted by atomic mass is 35.5. The number of benzene rings is 1. The zero-order chi connectivity index (χ0) is 13.8. The van der Waals surface area contributed by atoms with Gasteiger partial charge in [0.1, 0.15) is 12.4 Å². The van der Waals surface area contributed by atoms with Crippen LogP contribution >= 0.6 is 11.6 Å². The Morgan fingerprint density at radius 3 is 2.67 bits per heavy atom. The summed E-state index contributed by atoms with van der Waals surface area (Å²) < 4.78 is 10.2. The first-order valence-corrected chi connectivity index (χ1v) is 5.89. The average molecular weight is 273 g/mol. The number of ether oxygens (including phenoxy) is 2. The van der Waals surface area contributed by atoms with E-state index >= 15 is 0 Å². The summed E-state index contributed by atoms with van der Waals surface area (Å²) in [5.41, 5.74) is -0.246. The van der Waals surface area contributed by atoms with Crippen LogP contribution in [0, 0.1) is 5.41 Å². The first-order chi connectivity index (χ1) is 8.42. The molecule has 18 heavy (non-hydrogen) atoms. The van der Waals surface area contributed by atoms with Gasteiger partial charge < -0.3 is 14.6 Å². The molecule has 0 aliphatic carbocycles. The van der Waals surface area contributed by atoms with Gasteiger partial charge in [-0.25, -0.2) is 0 Å². The summed E-state index contributed by atoms with van der Waals surface area (Å²) in [6, 6.07) is 5.10. The van der Waals surface area contributed by atoms with Crippen molar-refractivity contribution in [1.82, 2.24) is 0 Å². The van der Waals surface area contributed by atoms with Crippen LogP contribution in [0.3, 0.4) is 0 Å². The topological polar surface area (TPSA) is 55.8 Å². The van der Waals surface area contributed by atoms with Crippen LogP contribution in [-0.2, 0) is 16.1 Å². The van der Waals surface area contributed by atoms with Gasteiger partial charge in [-0.2, -0.15) is 0 Å². The number of aliphatic hydroxyl groups is 1. The van der Waals surface area contributed by atoms with Gasteiger partial charge in [0.15, 0.2) is 0 Å². The monoisotopic (exact) mass is 272 g/mol. The third-order valence-electron chi connectivity index (χ3n) is 2.56. The van der Waals surface area contributed by atoms with Crippen LogP contribution in [0.15, 0.2) is 18.2 Å². The molecule has 0 aliphatic rings. The van der Waals surface area contributed by atoms with E-state index in [0.717, 1.165) is 0 Å². The molecular formula is C13H17ClO4. The van der Waals surface area contributed by atoms with Crippen LogP contribution in [0.1, 0.15) is 19.4 Å². The van der Waals surface area contributed by atoms with E-state index in [4.69, 9.17) is 16.3 Å². The molecule has 0 unspecified atom stereocenters. The number of esters is 1. The summed E-state index contributed by atoms with van der Waals surface area (Å²) in [5, 5.41) is 9.66. The van der Waals surface area contributed by atoms with E-state index in [9.17, 15) is 9.90 Å². The Hall–Kier alpha value is -1.26. The van der Waals surface area contributed by atoms with E-state index in [2.05, 4.69) is 4.74 Å². The van der Waals surface area contributed by atoms with Crippen molar-refractivity contribution in [2.45, 2.75) is 20.5 Å². The number of carbonyl (C=O) groups excluding carboxylic acids is 1. The summed E-state index contributed by atoms with van der Waals surface area (Å²) in [6.45, 7) is 3.38. The molecule has 0 radical (unpaired) electrons. The van der Waals surface area contributed by atoms with Crippen molar-refractivity contribution in [2.75, 3.05) is 13.7 Å². The summed E-state index contributed by atoms with van der Waals surface area (Å²) in [4.78, 5) is 11.5. The van der Waals surface area contributed by atoms with Gasteiger partial charge in [0.25, 0.3) is 0 Å². The van der Waals surface area contributed by atoms with Crippen molar-refractivity contribution in [3.05, 3.63) is 28.8 Å². The Bertz CT molecular complexity index is 429. The molecule has 100 valence electrons. The van der Waals surface area contributed by atoms with Crippen molar-refractivity contribution >= 4 is 17.6 Å². The average Bonchev–Trinajstić information content (AvgIpc) is 2.35. The molecule has 1 aromatic carbocycles. The van der Waals surface area contributed by atoms with Gasteiger partial charge in [-0.1, -0.05) is 17.7 Å². The Morgan fingerprint density at radius 1 is 1.44 bits per heavy atom. The van der Waals surface area contributed by atoms with Crippen molar-refractivity contribution in [1.29, 1.82) is 0 Å². The summed E-state index contributed by atoms with van der Waals surface area (Å²) in [7, 11) is 1.34. The predicted molar refractivity (Wildman–Crippen MR) is 68.7 cm³/mol. The van der Waals surface area contributed by atoms with E-state index in [1.54, 1.807) is 32.0 Å². The van der Waals surface area contributed by atoms with Crippen molar-refractivity contribution in [3.8, 4) is 5.75 Å². The second-order valence-electron chi connectivity index (χ2n) is 4.54. The molecule has 0 saturated carbocycles. The third-order valence-corrected chi connectivity index (χ3v) is 2.91. The lowest BCUT2D eigenvalue weighted by Gasteiger charge is -2.22. The fourth-order valence-electron chi connectivity index (χ4n) is 1.42. The van der Waals surface area contributed by atoms with E-state index in [0.29, 0.717) is 16.3 Å². The standard InChI is InChI=1S/C13H17ClO4/c1-13(2,12(16)17-3)8-18-11-6-4-5-10(14)9(11)7-15/h4-6,15H,7-8H2,1-3H3. The molecule has 0 heterocycles. The van der Waals surface area contributed by atoms with Gasteiger partial charge in [-0.15, -0.1) is 0 Å². The molecule has 0 amide bonds. The van der Waals surface area contributed by atoms with Gasteiger partial charge in [-0.3, -0.25) is 4.79 Å². The zero-order valence-corrected chi connectivity index (χ0v) is 11.5. The molecule has 0 spiro atoms. The Balaban J connectivity index is 2.81. The highest BCUT2D eigenvalue weighted by molar-refractivity contribution is 6.31. The van der Waals surface area contributed by atoms with E-state index in [1.165, 1.54) is 7.11 Å². The maximum absolute atomic E-state index is 11.5. The van der Waals surface area contributed by atoms with E-state index in [1.807, 2.05) is 0 Å². The second-order valence-corrected chi connectivity index (χ2v) is 4.95. The lowest BCUT2D eigenvalue weighted by atomic mass is 9.95. The third kappa shape index (κ3) is 3.37. The minimum Gasteiger partial charge on any atom is -0.492 e. The molecule has 1 aromatic rings. The molecule has 4 nitrogen and oxygen atoms in total. The number of halogens is 1. The Labute approximate surface area is 111 Å². The van der Waals surface area contributed by atoms with Gasteiger partial charge in [0.05, 0.1) is 19.1 Å². The fraction of sp³-hybridized carbons (Fsp3) is 0.462. The van der Waals surface area contributed by atoms with Crippen LogP contribution in [0.5, 0.6) is 5.75 Å². The molecule has 0 bridgehead atoms. The number of rotatable bonds is 5. The van der Waals surface area contributed by atoms with Gasteiger partial charge in [-0.05, 0) is 26.0 Å². The van der Waals surface area contributed by atoms with E-state index < -0.39 is 5.41 Å². The normalized spacial score (nSPS) is 11.2. The highest BCUT2D eigenvalue weighted by Crippen LogP contribution is 2.28. The largest absolute Gasteiger partial charge is 0.492 e. The molecule has 0 saturated heterocycles. The summed E-state index contributed by atoms with van der Waals surface area (Å²) >= 11 is 5.94. The molecule has 5 heteroatoms. The lowest BCUT2D eigenvalue weighted by Crippen LogP contribution is -2.32. The minimum atomic E-state index is -0.760. The Kier molecular flexibility index (Phi) is 4.99. The maximum Gasteiger partial charge on any atom is 0.314 e. The van der Waals surface area contributed by atoms with E-state index in [-0.39, 0.29) is 19.2 Å². The zero-order valence-electron chi connectivity index (χ0n) is 10.7. The molecule has 1 rings (SSSR count). The Morgan fingerprint density at radius 2 is 2.11 bits per heavy atom. The highest BCUT2D eigenvalue weighted by Gasteiger charge is 2.30. The van der Waals surface area contributed by atoms with Crippen molar-refractivity contribution in [3.63, 3.8) is 0 Å². The van der Waals surface area contributed by atoms with Crippen LogP contribution in [0.2, 0.25) is 5.02 Å². The smallest absolute Gasteiger partial charge is 0.314 e. The first kappa shape index (κ1) is 14.8. The number of methoxy groups -OCH3 is 1. The number of hydrogen-bond acceptors (Lipinski definition) is 4. The molecule has 0 fully saturated rings. The van der Waals surface area contributed by atoms with Crippen molar-refractivity contribution in [2.24, 2.45) is 5.41 Å². The lowest BCUT2D eigenvalue weighted by molar-refractivity contribution is -0.152. The fourth-order valence-corrected chi connectivity index (χ4v) is 1.65. The maximum atomic E-state index is 11.5. The van der Waals surface area contributed by atoms with Crippen molar-refractivity contribution < 1.29 is 19.4 Å².